The molecule has 2 rings (SSSR count). The van der Waals surface area contributed by atoms with E-state index < -0.39 is 0 Å². The zero-order valence-corrected chi connectivity index (χ0v) is 12.1. The summed E-state index contributed by atoms with van der Waals surface area (Å²) in [5.74, 6) is 1.36. The van der Waals surface area contributed by atoms with Crippen molar-refractivity contribution in [3.8, 4) is 11.3 Å². The predicted molar refractivity (Wildman–Crippen MR) is 77.0 cm³/mol. The summed E-state index contributed by atoms with van der Waals surface area (Å²) in [4.78, 5) is 2.12. The van der Waals surface area contributed by atoms with Gasteiger partial charge in [-0.25, -0.2) is 4.39 Å². The monoisotopic (exact) mass is 277 g/mol. The third kappa shape index (κ3) is 3.46. The molecule has 3 nitrogen and oxygen atoms in total. The lowest BCUT2D eigenvalue weighted by Crippen LogP contribution is -2.21. The van der Waals surface area contributed by atoms with Crippen molar-refractivity contribution in [3.05, 3.63) is 47.5 Å². The van der Waals surface area contributed by atoms with Crippen molar-refractivity contribution < 1.29 is 13.5 Å². The lowest BCUT2D eigenvalue weighted by molar-refractivity contribution is 0.155. The number of rotatable bonds is 6. The van der Waals surface area contributed by atoms with Gasteiger partial charge in [0.1, 0.15) is 17.3 Å². The van der Waals surface area contributed by atoms with Crippen LogP contribution in [0.5, 0.6) is 0 Å². The van der Waals surface area contributed by atoms with Gasteiger partial charge >= 0.3 is 0 Å². The highest BCUT2D eigenvalue weighted by Crippen LogP contribution is 2.27. The van der Waals surface area contributed by atoms with E-state index in [1.807, 2.05) is 25.2 Å². The Morgan fingerprint density at radius 1 is 1.25 bits per heavy atom. The molecule has 4 heteroatoms. The largest absolute Gasteiger partial charge is 0.460 e. The highest BCUT2D eigenvalue weighted by atomic mass is 19.1. The summed E-state index contributed by atoms with van der Waals surface area (Å²) >= 11 is 0. The molecule has 108 valence electrons. The summed E-state index contributed by atoms with van der Waals surface area (Å²) in [5, 5.41) is 0. The number of benzene rings is 1. The maximum absolute atomic E-state index is 13.6. The lowest BCUT2D eigenvalue weighted by Gasteiger charge is -2.13. The molecule has 0 radical (unpaired) electrons. The third-order valence-corrected chi connectivity index (χ3v) is 3.30. The van der Waals surface area contributed by atoms with Crippen molar-refractivity contribution in [2.45, 2.75) is 13.5 Å². The fraction of sp³-hybridized carbons (Fsp3) is 0.375. The Bertz CT molecular complexity index is 565. The van der Waals surface area contributed by atoms with Crippen LogP contribution < -0.4 is 0 Å². The minimum Gasteiger partial charge on any atom is -0.460 e. The molecule has 1 heterocycles. The van der Waals surface area contributed by atoms with Crippen LogP contribution in [0.4, 0.5) is 4.39 Å². The molecule has 1 aromatic carbocycles. The van der Waals surface area contributed by atoms with Crippen LogP contribution in [0.1, 0.15) is 11.3 Å². The molecule has 0 spiro atoms. The second kappa shape index (κ2) is 6.68. The molecule has 0 atom stereocenters. The molecule has 20 heavy (non-hydrogen) atoms. The molecule has 0 saturated carbocycles. The van der Waals surface area contributed by atoms with Crippen LogP contribution in [-0.2, 0) is 11.3 Å². The molecule has 0 aliphatic carbocycles. The summed E-state index contributed by atoms with van der Waals surface area (Å²) in [6.45, 7) is 3.99. The molecular formula is C16H20FNO2. The summed E-state index contributed by atoms with van der Waals surface area (Å²) in [6, 6.07) is 8.85. The van der Waals surface area contributed by atoms with Gasteiger partial charge in [0, 0.05) is 19.2 Å². The Hall–Kier alpha value is -1.65. The Labute approximate surface area is 119 Å². The minimum atomic E-state index is -0.210. The van der Waals surface area contributed by atoms with Gasteiger partial charge in [0.25, 0.3) is 0 Å². The fourth-order valence-electron chi connectivity index (χ4n) is 2.07. The molecule has 0 aliphatic heterocycles. The second-order valence-corrected chi connectivity index (χ2v) is 4.91. The molecule has 0 unspecified atom stereocenters. The van der Waals surface area contributed by atoms with Crippen LogP contribution >= 0.6 is 0 Å². The van der Waals surface area contributed by atoms with Crippen molar-refractivity contribution in [2.75, 3.05) is 27.3 Å². The molecule has 2 aromatic rings. The summed E-state index contributed by atoms with van der Waals surface area (Å²) in [7, 11) is 3.69. The van der Waals surface area contributed by atoms with Gasteiger partial charge in [-0.15, -0.1) is 0 Å². The molecular weight excluding hydrogens is 257 g/mol. The fourth-order valence-corrected chi connectivity index (χ4v) is 2.07. The van der Waals surface area contributed by atoms with E-state index in [0.717, 1.165) is 17.9 Å². The average molecular weight is 277 g/mol. The molecule has 0 saturated heterocycles. The van der Waals surface area contributed by atoms with Gasteiger partial charge in [-0.1, -0.05) is 12.1 Å². The molecule has 0 bridgehead atoms. The first kappa shape index (κ1) is 14.8. The van der Waals surface area contributed by atoms with Gasteiger partial charge < -0.3 is 9.15 Å². The lowest BCUT2D eigenvalue weighted by atomic mass is 10.1. The van der Waals surface area contributed by atoms with Crippen LogP contribution in [0, 0.1) is 12.7 Å². The van der Waals surface area contributed by atoms with E-state index in [1.165, 1.54) is 6.07 Å². The van der Waals surface area contributed by atoms with E-state index in [4.69, 9.17) is 9.15 Å². The SMILES string of the molecule is COCCN(C)Cc1ccc(-c2cccc(F)c2C)o1. The standard InChI is InChI=1S/C16H20FNO2/c1-12-14(5-4-6-15(12)17)16-8-7-13(20-16)11-18(2)9-10-19-3/h4-8H,9-11H2,1-3H3. The number of nitrogens with zero attached hydrogens (tertiary/aromatic N) is 1. The van der Waals surface area contributed by atoms with Crippen LogP contribution in [0.25, 0.3) is 11.3 Å². The maximum atomic E-state index is 13.6. The van der Waals surface area contributed by atoms with Crippen LogP contribution in [0.2, 0.25) is 0 Å². The highest BCUT2D eigenvalue weighted by molar-refractivity contribution is 5.62. The van der Waals surface area contributed by atoms with Crippen LogP contribution in [-0.4, -0.2) is 32.2 Å². The number of likely N-dealkylation sites (N-methyl/N-ethyl adjacent to an activating group) is 1. The van der Waals surface area contributed by atoms with Crippen molar-refractivity contribution in [1.82, 2.24) is 4.90 Å². The Balaban J connectivity index is 2.11. The molecule has 0 aliphatic rings. The van der Waals surface area contributed by atoms with E-state index >= 15 is 0 Å². The first-order valence-corrected chi connectivity index (χ1v) is 6.63. The topological polar surface area (TPSA) is 25.6 Å². The molecule has 1 aromatic heterocycles. The second-order valence-electron chi connectivity index (χ2n) is 4.91. The summed E-state index contributed by atoms with van der Waals surface area (Å²) in [5.41, 5.74) is 1.41. The van der Waals surface area contributed by atoms with Crippen molar-refractivity contribution in [1.29, 1.82) is 0 Å². The van der Waals surface area contributed by atoms with E-state index in [1.54, 1.807) is 20.1 Å². The quantitative estimate of drug-likeness (QED) is 0.808. The Morgan fingerprint density at radius 2 is 2.05 bits per heavy atom. The number of hydrogen-bond acceptors (Lipinski definition) is 3. The smallest absolute Gasteiger partial charge is 0.134 e. The number of furan rings is 1. The van der Waals surface area contributed by atoms with Crippen molar-refractivity contribution in [2.24, 2.45) is 0 Å². The summed E-state index contributed by atoms with van der Waals surface area (Å²) < 4.78 is 24.4. The number of methoxy groups -OCH3 is 1. The first-order valence-electron chi connectivity index (χ1n) is 6.63. The van der Waals surface area contributed by atoms with E-state index in [2.05, 4.69) is 4.90 Å². The Morgan fingerprint density at radius 3 is 2.80 bits per heavy atom. The number of halogens is 1. The van der Waals surface area contributed by atoms with Gasteiger partial charge in [0.15, 0.2) is 0 Å². The first-order chi connectivity index (χ1) is 9.61. The van der Waals surface area contributed by atoms with Gasteiger partial charge in [0.2, 0.25) is 0 Å². The molecule has 0 fully saturated rings. The van der Waals surface area contributed by atoms with Crippen molar-refractivity contribution in [3.63, 3.8) is 0 Å². The number of ether oxygens (including phenoxy) is 1. The zero-order valence-electron chi connectivity index (χ0n) is 12.1. The third-order valence-electron chi connectivity index (χ3n) is 3.30. The minimum absolute atomic E-state index is 0.210. The van der Waals surface area contributed by atoms with Gasteiger partial charge in [0.05, 0.1) is 13.2 Å². The van der Waals surface area contributed by atoms with Crippen molar-refractivity contribution >= 4 is 0 Å². The highest BCUT2D eigenvalue weighted by Gasteiger charge is 2.11. The molecule has 0 amide bonds. The van der Waals surface area contributed by atoms with Crippen LogP contribution in [0.15, 0.2) is 34.7 Å². The number of hydrogen-bond donors (Lipinski definition) is 0. The average Bonchev–Trinajstić information content (AvgIpc) is 2.88. The van der Waals surface area contributed by atoms with E-state index in [9.17, 15) is 4.39 Å². The van der Waals surface area contributed by atoms with E-state index in [0.29, 0.717) is 24.5 Å². The van der Waals surface area contributed by atoms with Crippen LogP contribution in [0.3, 0.4) is 0 Å². The maximum Gasteiger partial charge on any atom is 0.134 e. The predicted octanol–water partition coefficient (Wildman–Crippen LogP) is 3.47. The zero-order chi connectivity index (χ0) is 14.5. The van der Waals surface area contributed by atoms with Gasteiger partial charge in [-0.05, 0) is 37.7 Å². The van der Waals surface area contributed by atoms with Gasteiger partial charge in [-0.2, -0.15) is 0 Å². The van der Waals surface area contributed by atoms with Gasteiger partial charge in [-0.3, -0.25) is 4.90 Å². The van der Waals surface area contributed by atoms with E-state index in [-0.39, 0.29) is 5.82 Å². The summed E-state index contributed by atoms with van der Waals surface area (Å²) in [6.07, 6.45) is 0. The normalized spacial score (nSPS) is 11.2. The Kier molecular flexibility index (Phi) is 4.93. The molecule has 0 N–H and O–H groups in total.